The molecule has 3 rings (SSSR count). The lowest BCUT2D eigenvalue weighted by atomic mass is 10.2. The third kappa shape index (κ3) is 2.73. The molecular formula is C14H13N3O3S. The van der Waals surface area contributed by atoms with Crippen molar-refractivity contribution in [2.45, 2.75) is 19.4 Å². The highest BCUT2D eigenvalue weighted by atomic mass is 32.1. The number of benzene rings is 1. The minimum Gasteiger partial charge on any atom is -0.478 e. The van der Waals surface area contributed by atoms with Gasteiger partial charge in [0, 0.05) is 11.6 Å². The molecule has 0 spiro atoms. The molecule has 0 aliphatic carbocycles. The van der Waals surface area contributed by atoms with Crippen molar-refractivity contribution in [2.75, 3.05) is 5.32 Å². The predicted molar refractivity (Wildman–Crippen MR) is 79.7 cm³/mol. The largest absolute Gasteiger partial charge is 0.478 e. The lowest BCUT2D eigenvalue weighted by Gasteiger charge is -2.11. The molecular weight excluding hydrogens is 290 g/mol. The van der Waals surface area contributed by atoms with E-state index in [2.05, 4.69) is 15.3 Å². The van der Waals surface area contributed by atoms with Gasteiger partial charge in [-0.3, -0.25) is 0 Å². The number of carbonyl (C=O) groups is 1. The van der Waals surface area contributed by atoms with Crippen LogP contribution < -0.4 is 5.32 Å². The zero-order chi connectivity index (χ0) is 14.8. The van der Waals surface area contributed by atoms with Crippen molar-refractivity contribution < 1.29 is 14.3 Å². The van der Waals surface area contributed by atoms with Crippen LogP contribution in [0.5, 0.6) is 0 Å². The van der Waals surface area contributed by atoms with Crippen LogP contribution in [0.3, 0.4) is 0 Å². The minimum absolute atomic E-state index is 0.0250. The Morgan fingerprint density at radius 2 is 2.38 bits per heavy atom. The van der Waals surface area contributed by atoms with Gasteiger partial charge in [-0.1, -0.05) is 6.92 Å². The van der Waals surface area contributed by atoms with E-state index in [4.69, 9.17) is 9.52 Å². The molecule has 1 aromatic carbocycles. The Bertz CT molecular complexity index is 767. The lowest BCUT2D eigenvalue weighted by molar-refractivity contribution is 0.0697. The van der Waals surface area contributed by atoms with Crippen LogP contribution in [-0.4, -0.2) is 21.0 Å². The Kier molecular flexibility index (Phi) is 3.57. The highest BCUT2D eigenvalue weighted by Crippen LogP contribution is 2.26. The first-order valence-electron chi connectivity index (χ1n) is 6.47. The molecule has 0 amide bonds. The van der Waals surface area contributed by atoms with Crippen LogP contribution >= 0.6 is 11.3 Å². The molecule has 0 radical (unpaired) electrons. The summed E-state index contributed by atoms with van der Waals surface area (Å²) < 4.78 is 5.58. The Hall–Kier alpha value is -2.41. The molecule has 3 aromatic rings. The number of hydrogen-bond acceptors (Lipinski definition) is 6. The maximum absolute atomic E-state index is 10.9. The molecule has 2 heterocycles. The number of rotatable bonds is 5. The topological polar surface area (TPSA) is 88.2 Å². The number of thiazole rings is 1. The third-order valence-electron chi connectivity index (χ3n) is 3.09. The molecule has 0 saturated heterocycles. The number of carboxylic acid groups (broad SMARTS) is 1. The molecule has 1 unspecified atom stereocenters. The summed E-state index contributed by atoms with van der Waals surface area (Å²) in [5.41, 5.74) is 1.25. The number of anilines is 1. The van der Waals surface area contributed by atoms with Gasteiger partial charge in [-0.15, -0.1) is 11.3 Å². The summed E-state index contributed by atoms with van der Waals surface area (Å²) in [5, 5.41) is 15.1. The summed E-state index contributed by atoms with van der Waals surface area (Å²) in [6, 6.07) is 5.01. The van der Waals surface area contributed by atoms with Crippen LogP contribution in [0.4, 0.5) is 6.01 Å². The second-order valence-corrected chi connectivity index (χ2v) is 5.41. The number of aromatic nitrogens is 2. The third-order valence-corrected chi connectivity index (χ3v) is 3.98. The van der Waals surface area contributed by atoms with Gasteiger partial charge in [0.1, 0.15) is 10.5 Å². The van der Waals surface area contributed by atoms with Crippen molar-refractivity contribution >= 4 is 34.4 Å². The average Bonchev–Trinajstić information content (AvgIpc) is 3.12. The van der Waals surface area contributed by atoms with E-state index in [0.29, 0.717) is 17.1 Å². The molecule has 0 aliphatic heterocycles. The summed E-state index contributed by atoms with van der Waals surface area (Å²) in [4.78, 5) is 19.5. The van der Waals surface area contributed by atoms with Gasteiger partial charge >= 0.3 is 5.97 Å². The summed E-state index contributed by atoms with van der Waals surface area (Å²) >= 11 is 1.57. The van der Waals surface area contributed by atoms with Gasteiger partial charge in [0.05, 0.1) is 11.6 Å². The van der Waals surface area contributed by atoms with E-state index in [9.17, 15) is 4.79 Å². The van der Waals surface area contributed by atoms with E-state index in [-0.39, 0.29) is 11.6 Å². The van der Waals surface area contributed by atoms with E-state index < -0.39 is 5.97 Å². The molecule has 7 heteroatoms. The van der Waals surface area contributed by atoms with Crippen molar-refractivity contribution in [1.29, 1.82) is 0 Å². The fourth-order valence-electron chi connectivity index (χ4n) is 2.01. The first-order valence-corrected chi connectivity index (χ1v) is 7.35. The number of aromatic carboxylic acids is 1. The SMILES string of the molecule is CCC(Nc1nc2ccc(C(=O)O)cc2o1)c1nccs1. The van der Waals surface area contributed by atoms with Crippen molar-refractivity contribution in [3.05, 3.63) is 40.3 Å². The minimum atomic E-state index is -0.989. The van der Waals surface area contributed by atoms with Gasteiger partial charge in [0.25, 0.3) is 6.01 Å². The van der Waals surface area contributed by atoms with Gasteiger partial charge in [0.15, 0.2) is 5.58 Å². The normalized spacial score (nSPS) is 12.4. The second kappa shape index (κ2) is 5.53. The van der Waals surface area contributed by atoms with E-state index >= 15 is 0 Å². The first-order chi connectivity index (χ1) is 10.2. The Morgan fingerprint density at radius 3 is 3.05 bits per heavy atom. The van der Waals surface area contributed by atoms with Gasteiger partial charge in [-0.2, -0.15) is 4.98 Å². The number of hydrogen-bond donors (Lipinski definition) is 2. The van der Waals surface area contributed by atoms with Crippen LogP contribution in [0.25, 0.3) is 11.1 Å². The first kappa shape index (κ1) is 13.6. The van der Waals surface area contributed by atoms with E-state index in [0.717, 1.165) is 11.4 Å². The van der Waals surface area contributed by atoms with Gasteiger partial charge in [-0.25, -0.2) is 9.78 Å². The quantitative estimate of drug-likeness (QED) is 0.749. The van der Waals surface area contributed by atoms with Crippen LogP contribution in [0.15, 0.2) is 34.2 Å². The molecule has 21 heavy (non-hydrogen) atoms. The molecule has 108 valence electrons. The van der Waals surface area contributed by atoms with E-state index in [1.165, 1.54) is 12.1 Å². The van der Waals surface area contributed by atoms with Crippen LogP contribution in [0.1, 0.15) is 34.8 Å². The number of fused-ring (bicyclic) bond motifs is 1. The van der Waals surface area contributed by atoms with Crippen LogP contribution in [-0.2, 0) is 0 Å². The smallest absolute Gasteiger partial charge is 0.335 e. The standard InChI is InChI=1S/C14H13N3O3S/c1-2-9(12-15-5-6-21-12)16-14-17-10-4-3-8(13(18)19)7-11(10)20-14/h3-7,9H,2H2,1H3,(H,16,17)(H,18,19). The van der Waals surface area contributed by atoms with Gasteiger partial charge in [-0.05, 0) is 24.6 Å². The maximum Gasteiger partial charge on any atom is 0.335 e. The molecule has 0 fully saturated rings. The van der Waals surface area contributed by atoms with E-state index in [1.54, 1.807) is 23.6 Å². The molecule has 2 N–H and O–H groups in total. The summed E-state index contributed by atoms with van der Waals surface area (Å²) in [7, 11) is 0. The number of carboxylic acids is 1. The number of nitrogens with one attached hydrogen (secondary N) is 1. The Balaban J connectivity index is 1.88. The van der Waals surface area contributed by atoms with Crippen molar-refractivity contribution in [2.24, 2.45) is 0 Å². The maximum atomic E-state index is 10.9. The van der Waals surface area contributed by atoms with Crippen LogP contribution in [0.2, 0.25) is 0 Å². The zero-order valence-electron chi connectivity index (χ0n) is 11.2. The Morgan fingerprint density at radius 1 is 1.52 bits per heavy atom. The molecule has 2 aromatic heterocycles. The number of oxazole rings is 1. The van der Waals surface area contributed by atoms with Crippen molar-refractivity contribution in [3.8, 4) is 0 Å². The Labute approximate surface area is 124 Å². The van der Waals surface area contributed by atoms with Gasteiger partial charge in [0.2, 0.25) is 0 Å². The number of nitrogens with zero attached hydrogens (tertiary/aromatic N) is 2. The summed E-state index contributed by atoms with van der Waals surface area (Å²) in [6.45, 7) is 2.05. The average molecular weight is 303 g/mol. The predicted octanol–water partition coefficient (Wildman–Crippen LogP) is 3.55. The fourth-order valence-corrected chi connectivity index (χ4v) is 2.79. The van der Waals surface area contributed by atoms with Crippen molar-refractivity contribution in [1.82, 2.24) is 9.97 Å². The second-order valence-electron chi connectivity index (χ2n) is 4.48. The summed E-state index contributed by atoms with van der Waals surface area (Å²) in [6.07, 6.45) is 2.60. The van der Waals surface area contributed by atoms with E-state index in [1.807, 2.05) is 12.3 Å². The molecule has 0 saturated carbocycles. The molecule has 0 bridgehead atoms. The highest BCUT2D eigenvalue weighted by Gasteiger charge is 2.16. The van der Waals surface area contributed by atoms with Crippen LogP contribution in [0, 0.1) is 0 Å². The zero-order valence-corrected chi connectivity index (χ0v) is 12.1. The molecule has 0 aliphatic rings. The monoisotopic (exact) mass is 303 g/mol. The van der Waals surface area contributed by atoms with Gasteiger partial charge < -0.3 is 14.8 Å². The fraction of sp³-hybridized carbons (Fsp3) is 0.214. The molecule has 1 atom stereocenters. The summed E-state index contributed by atoms with van der Waals surface area (Å²) in [5.74, 6) is -0.989. The highest BCUT2D eigenvalue weighted by molar-refractivity contribution is 7.09. The molecule has 6 nitrogen and oxygen atoms in total. The van der Waals surface area contributed by atoms with Crippen molar-refractivity contribution in [3.63, 3.8) is 0 Å². The lowest BCUT2D eigenvalue weighted by Crippen LogP contribution is -2.09.